The van der Waals surface area contributed by atoms with Gasteiger partial charge < -0.3 is 0 Å². The summed E-state index contributed by atoms with van der Waals surface area (Å²) in [6, 6.07) is 5.52. The lowest BCUT2D eigenvalue weighted by atomic mass is 10.1. The van der Waals surface area contributed by atoms with E-state index in [2.05, 4.69) is 15.2 Å². The van der Waals surface area contributed by atoms with Crippen molar-refractivity contribution in [3.8, 4) is 0 Å². The molecule has 0 saturated carbocycles. The standard InChI is InChI=1S/C9H6ClN3O/c10-9-7-3-6(4-11-5-14)1-2-8(7)12-13-9/h1-3H,4H2,(H,12,13). The highest BCUT2D eigenvalue weighted by Gasteiger charge is 2.02. The highest BCUT2D eigenvalue weighted by molar-refractivity contribution is 6.34. The van der Waals surface area contributed by atoms with Crippen molar-refractivity contribution in [1.82, 2.24) is 10.2 Å². The molecule has 0 saturated heterocycles. The van der Waals surface area contributed by atoms with Gasteiger partial charge in [-0.15, -0.1) is 0 Å². The van der Waals surface area contributed by atoms with Crippen LogP contribution >= 0.6 is 11.6 Å². The number of rotatable bonds is 2. The van der Waals surface area contributed by atoms with Gasteiger partial charge in [0, 0.05) is 5.39 Å². The quantitative estimate of drug-likeness (QED) is 0.605. The van der Waals surface area contributed by atoms with Crippen LogP contribution < -0.4 is 0 Å². The number of aromatic amines is 1. The van der Waals surface area contributed by atoms with Crippen LogP contribution in [0.3, 0.4) is 0 Å². The average molecular weight is 208 g/mol. The van der Waals surface area contributed by atoms with Crippen molar-refractivity contribution in [3.63, 3.8) is 0 Å². The zero-order valence-corrected chi connectivity index (χ0v) is 7.88. The van der Waals surface area contributed by atoms with Gasteiger partial charge in [0.25, 0.3) is 0 Å². The Morgan fingerprint density at radius 2 is 2.43 bits per heavy atom. The van der Waals surface area contributed by atoms with E-state index in [-0.39, 0.29) is 0 Å². The van der Waals surface area contributed by atoms with Gasteiger partial charge >= 0.3 is 0 Å². The van der Waals surface area contributed by atoms with E-state index in [4.69, 9.17) is 11.6 Å². The molecule has 5 heteroatoms. The summed E-state index contributed by atoms with van der Waals surface area (Å²) in [5, 5.41) is 7.98. The molecular weight excluding hydrogens is 202 g/mol. The van der Waals surface area contributed by atoms with Crippen molar-refractivity contribution in [2.45, 2.75) is 6.54 Å². The number of aliphatic imine (C=N–C) groups is 1. The number of carbonyl (C=O) groups excluding carboxylic acids is 1. The number of nitrogens with one attached hydrogen (secondary N) is 1. The van der Waals surface area contributed by atoms with Gasteiger partial charge in [0.1, 0.15) is 5.15 Å². The number of fused-ring (bicyclic) bond motifs is 1. The Hall–Kier alpha value is -1.64. The van der Waals surface area contributed by atoms with Crippen molar-refractivity contribution in [3.05, 3.63) is 28.9 Å². The molecule has 0 aliphatic carbocycles. The molecule has 0 atom stereocenters. The third kappa shape index (κ3) is 1.53. The van der Waals surface area contributed by atoms with E-state index in [9.17, 15) is 4.79 Å². The van der Waals surface area contributed by atoms with Crippen LogP contribution in [-0.4, -0.2) is 16.3 Å². The first-order chi connectivity index (χ1) is 6.81. The van der Waals surface area contributed by atoms with Crippen molar-refractivity contribution >= 4 is 28.6 Å². The summed E-state index contributed by atoms with van der Waals surface area (Å²) in [6.45, 7) is 0.320. The third-order valence-electron chi connectivity index (χ3n) is 1.90. The molecule has 1 N–H and O–H groups in total. The van der Waals surface area contributed by atoms with Crippen LogP contribution in [0.15, 0.2) is 23.2 Å². The molecule has 0 aliphatic heterocycles. The number of benzene rings is 1. The van der Waals surface area contributed by atoms with Gasteiger partial charge in [0.15, 0.2) is 0 Å². The fourth-order valence-electron chi connectivity index (χ4n) is 1.25. The van der Waals surface area contributed by atoms with Crippen molar-refractivity contribution in [2.75, 3.05) is 0 Å². The van der Waals surface area contributed by atoms with Gasteiger partial charge in [-0.25, -0.2) is 9.79 Å². The number of H-pyrrole nitrogens is 1. The van der Waals surface area contributed by atoms with E-state index >= 15 is 0 Å². The predicted octanol–water partition coefficient (Wildman–Crippen LogP) is 2.05. The highest BCUT2D eigenvalue weighted by atomic mass is 35.5. The summed E-state index contributed by atoms with van der Waals surface area (Å²) >= 11 is 5.85. The molecule has 1 aromatic heterocycles. The molecule has 1 aromatic carbocycles. The molecule has 0 bridgehead atoms. The Morgan fingerprint density at radius 1 is 1.57 bits per heavy atom. The molecule has 2 rings (SSSR count). The first-order valence-corrected chi connectivity index (χ1v) is 4.35. The van der Waals surface area contributed by atoms with E-state index in [1.165, 1.54) is 6.08 Å². The molecule has 70 valence electrons. The van der Waals surface area contributed by atoms with E-state index in [0.717, 1.165) is 16.5 Å². The lowest BCUT2D eigenvalue weighted by Gasteiger charge is -1.94. The number of hydrogen-bond acceptors (Lipinski definition) is 3. The van der Waals surface area contributed by atoms with E-state index in [0.29, 0.717) is 11.7 Å². The predicted molar refractivity (Wildman–Crippen MR) is 52.9 cm³/mol. The van der Waals surface area contributed by atoms with E-state index in [1.807, 2.05) is 18.2 Å². The van der Waals surface area contributed by atoms with Crippen molar-refractivity contribution < 1.29 is 4.79 Å². The van der Waals surface area contributed by atoms with Crippen molar-refractivity contribution in [2.24, 2.45) is 4.99 Å². The Kier molecular flexibility index (Phi) is 2.31. The van der Waals surface area contributed by atoms with Crippen molar-refractivity contribution in [1.29, 1.82) is 0 Å². The lowest BCUT2D eigenvalue weighted by Crippen LogP contribution is -1.80. The van der Waals surface area contributed by atoms with Gasteiger partial charge in [0.05, 0.1) is 12.1 Å². The maximum Gasteiger partial charge on any atom is 0.235 e. The zero-order chi connectivity index (χ0) is 9.97. The smallest absolute Gasteiger partial charge is 0.235 e. The van der Waals surface area contributed by atoms with Crippen LogP contribution in [0.4, 0.5) is 0 Å². The second-order valence-corrected chi connectivity index (χ2v) is 3.17. The minimum atomic E-state index is 0.320. The summed E-state index contributed by atoms with van der Waals surface area (Å²) in [6.07, 6.45) is 1.49. The molecule has 0 unspecified atom stereocenters. The van der Waals surface area contributed by atoms with Crippen LogP contribution in [-0.2, 0) is 11.3 Å². The van der Waals surface area contributed by atoms with Crippen LogP contribution in [0, 0.1) is 0 Å². The molecule has 0 amide bonds. The fourth-order valence-corrected chi connectivity index (χ4v) is 1.44. The molecule has 2 aromatic rings. The molecule has 0 spiro atoms. The number of nitrogens with zero attached hydrogens (tertiary/aromatic N) is 2. The monoisotopic (exact) mass is 207 g/mol. The SMILES string of the molecule is O=C=NCc1ccc2n[nH]c(Cl)c2c1. The minimum absolute atomic E-state index is 0.320. The second kappa shape index (κ2) is 3.62. The van der Waals surface area contributed by atoms with Crippen LogP contribution in [0.1, 0.15) is 5.56 Å². The topological polar surface area (TPSA) is 58.1 Å². The van der Waals surface area contributed by atoms with Gasteiger partial charge in [-0.05, 0) is 17.7 Å². The third-order valence-corrected chi connectivity index (χ3v) is 2.19. The second-order valence-electron chi connectivity index (χ2n) is 2.80. The summed E-state index contributed by atoms with van der Waals surface area (Å²) in [5.74, 6) is 0. The van der Waals surface area contributed by atoms with Gasteiger partial charge in [0.2, 0.25) is 6.08 Å². The Bertz CT molecular complexity index is 514. The van der Waals surface area contributed by atoms with Crippen LogP contribution in [0.5, 0.6) is 0 Å². The van der Waals surface area contributed by atoms with Crippen LogP contribution in [0.25, 0.3) is 10.9 Å². The molecule has 4 nitrogen and oxygen atoms in total. The summed E-state index contributed by atoms with van der Waals surface area (Å²) in [5.41, 5.74) is 1.71. The van der Waals surface area contributed by atoms with Gasteiger partial charge in [-0.3, -0.25) is 5.10 Å². The maximum absolute atomic E-state index is 9.92. The summed E-state index contributed by atoms with van der Waals surface area (Å²) < 4.78 is 0. The van der Waals surface area contributed by atoms with Crippen LogP contribution in [0.2, 0.25) is 5.15 Å². The maximum atomic E-state index is 9.92. The number of hydrogen-bond donors (Lipinski definition) is 1. The minimum Gasteiger partial charge on any atom is -0.266 e. The first kappa shape index (κ1) is 8.94. The molecule has 0 radical (unpaired) electrons. The summed E-state index contributed by atoms with van der Waals surface area (Å²) in [4.78, 5) is 13.4. The van der Waals surface area contributed by atoms with E-state index < -0.39 is 0 Å². The Labute approximate surface area is 84.6 Å². The van der Waals surface area contributed by atoms with Gasteiger partial charge in [-0.1, -0.05) is 17.7 Å². The first-order valence-electron chi connectivity index (χ1n) is 3.97. The largest absolute Gasteiger partial charge is 0.266 e. The Balaban J connectivity index is 2.48. The zero-order valence-electron chi connectivity index (χ0n) is 7.12. The summed E-state index contributed by atoms with van der Waals surface area (Å²) in [7, 11) is 0. The molecule has 14 heavy (non-hydrogen) atoms. The lowest BCUT2D eigenvalue weighted by molar-refractivity contribution is 0.563. The number of halogens is 1. The molecule has 1 heterocycles. The fraction of sp³-hybridized carbons (Fsp3) is 0.111. The molecule has 0 aliphatic rings. The number of isocyanates is 1. The Morgan fingerprint density at radius 3 is 3.21 bits per heavy atom. The normalized spacial score (nSPS) is 10.1. The highest BCUT2D eigenvalue weighted by Crippen LogP contribution is 2.21. The molecular formula is C9H6ClN3O. The van der Waals surface area contributed by atoms with E-state index in [1.54, 1.807) is 0 Å². The van der Waals surface area contributed by atoms with Gasteiger partial charge in [-0.2, -0.15) is 5.10 Å². The average Bonchev–Trinajstić information content (AvgIpc) is 2.57. The number of aromatic nitrogens is 2. The molecule has 0 fully saturated rings.